The Kier molecular flexibility index (Phi) is 3.31. The molecule has 1 heterocycles. The molecule has 0 aliphatic carbocycles. The van der Waals surface area contributed by atoms with Crippen LogP contribution in [0.3, 0.4) is 0 Å². The fraction of sp³-hybridized carbons (Fsp3) is 0. The van der Waals surface area contributed by atoms with Crippen LogP contribution in [0.5, 0.6) is 0 Å². The lowest BCUT2D eigenvalue weighted by Gasteiger charge is -2.04. The van der Waals surface area contributed by atoms with Gasteiger partial charge in [-0.3, -0.25) is 0 Å². The van der Waals surface area contributed by atoms with Crippen LogP contribution in [0.25, 0.3) is 21.9 Å². The average molecular weight is 328 g/mol. The number of hydrogen-bond donors (Lipinski definition) is 0. The number of rotatable bonds is 2. The summed E-state index contributed by atoms with van der Waals surface area (Å²) in [5.41, 5.74) is 2.41. The van der Waals surface area contributed by atoms with Crippen LogP contribution in [0, 0.1) is 18.1 Å². The number of furan rings is 1. The highest BCUT2D eigenvalue weighted by Gasteiger charge is 2.11. The zero-order valence-electron chi connectivity index (χ0n) is 11.8. The van der Waals surface area contributed by atoms with Crippen molar-refractivity contribution in [1.82, 2.24) is 0 Å². The summed E-state index contributed by atoms with van der Waals surface area (Å²) >= 11 is 6.04. The van der Waals surface area contributed by atoms with Gasteiger partial charge in [0.2, 0.25) is 0 Å². The van der Waals surface area contributed by atoms with Gasteiger partial charge in [-0.25, -0.2) is 8.78 Å². The molecule has 4 heteroatoms. The van der Waals surface area contributed by atoms with E-state index < -0.39 is 11.6 Å². The number of fused-ring (bicyclic) bond motifs is 3. The molecule has 0 unspecified atom stereocenters. The van der Waals surface area contributed by atoms with Crippen LogP contribution in [0.2, 0.25) is 5.02 Å². The van der Waals surface area contributed by atoms with Crippen molar-refractivity contribution in [1.29, 1.82) is 0 Å². The standard InChI is InChI=1S/C19H10ClF2O/c20-13-5-7-18-15(10-13)14-9-11(4-6-17(14)23-18)8-12-2-1-3-16(21)19(12)22/h1-10H. The van der Waals surface area contributed by atoms with Crippen molar-refractivity contribution in [3.63, 3.8) is 0 Å². The second-order valence-corrected chi connectivity index (χ2v) is 5.72. The molecule has 23 heavy (non-hydrogen) atoms. The molecule has 1 radical (unpaired) electrons. The Balaban J connectivity index is 1.83. The second kappa shape index (κ2) is 5.36. The quantitative estimate of drug-likeness (QED) is 0.432. The van der Waals surface area contributed by atoms with Crippen molar-refractivity contribution in [3.05, 3.63) is 88.8 Å². The van der Waals surface area contributed by atoms with Crippen LogP contribution >= 0.6 is 11.6 Å². The average Bonchev–Trinajstić information content (AvgIpc) is 2.89. The maximum absolute atomic E-state index is 13.8. The minimum absolute atomic E-state index is 0.204. The van der Waals surface area contributed by atoms with E-state index in [-0.39, 0.29) is 5.56 Å². The molecule has 0 fully saturated rings. The fourth-order valence-corrected chi connectivity index (χ4v) is 2.84. The summed E-state index contributed by atoms with van der Waals surface area (Å²) in [5, 5.41) is 2.39. The highest BCUT2D eigenvalue weighted by atomic mass is 35.5. The molecule has 0 spiro atoms. The highest BCUT2D eigenvalue weighted by molar-refractivity contribution is 6.31. The van der Waals surface area contributed by atoms with Crippen LogP contribution in [0.4, 0.5) is 8.78 Å². The van der Waals surface area contributed by atoms with Gasteiger partial charge in [-0.05, 0) is 47.5 Å². The molecule has 0 atom stereocenters. The Morgan fingerprint density at radius 2 is 1.61 bits per heavy atom. The topological polar surface area (TPSA) is 13.1 Å². The number of benzene rings is 3. The van der Waals surface area contributed by atoms with Gasteiger partial charge in [-0.1, -0.05) is 29.8 Å². The molecule has 1 nitrogen and oxygen atoms in total. The Bertz CT molecular complexity index is 1040. The largest absolute Gasteiger partial charge is 0.456 e. The van der Waals surface area contributed by atoms with E-state index in [0.29, 0.717) is 5.02 Å². The zero-order chi connectivity index (χ0) is 16.0. The normalized spacial score (nSPS) is 11.4. The fourth-order valence-electron chi connectivity index (χ4n) is 2.67. The lowest BCUT2D eigenvalue weighted by atomic mass is 10.0. The van der Waals surface area contributed by atoms with Crippen LogP contribution in [-0.2, 0) is 0 Å². The van der Waals surface area contributed by atoms with Gasteiger partial charge >= 0.3 is 0 Å². The van der Waals surface area contributed by atoms with E-state index in [1.165, 1.54) is 12.1 Å². The van der Waals surface area contributed by atoms with Gasteiger partial charge in [0.05, 0.1) is 0 Å². The molecule has 4 aromatic rings. The van der Waals surface area contributed by atoms with E-state index in [0.717, 1.165) is 33.6 Å². The van der Waals surface area contributed by atoms with Gasteiger partial charge in [0.25, 0.3) is 0 Å². The molecule has 0 amide bonds. The SMILES string of the molecule is Fc1cccc([CH]c2ccc3oc4ccc(Cl)cc4c3c2)c1F. The predicted octanol–water partition coefficient (Wildman–Crippen LogP) is 6.12. The Morgan fingerprint density at radius 1 is 0.870 bits per heavy atom. The van der Waals surface area contributed by atoms with Gasteiger partial charge < -0.3 is 4.42 Å². The van der Waals surface area contributed by atoms with Crippen molar-refractivity contribution in [2.75, 3.05) is 0 Å². The third-order valence-electron chi connectivity index (χ3n) is 3.76. The second-order valence-electron chi connectivity index (χ2n) is 5.29. The van der Waals surface area contributed by atoms with Gasteiger partial charge in [0.15, 0.2) is 11.6 Å². The molecule has 0 bridgehead atoms. The Morgan fingerprint density at radius 3 is 2.43 bits per heavy atom. The highest BCUT2D eigenvalue weighted by Crippen LogP contribution is 2.32. The molecule has 0 saturated heterocycles. The molecule has 0 aliphatic rings. The lowest BCUT2D eigenvalue weighted by Crippen LogP contribution is -1.93. The van der Waals surface area contributed by atoms with Gasteiger partial charge in [0, 0.05) is 22.2 Å². The minimum Gasteiger partial charge on any atom is -0.456 e. The molecular weight excluding hydrogens is 318 g/mol. The Hall–Kier alpha value is -2.39. The molecule has 1 aromatic heterocycles. The maximum Gasteiger partial charge on any atom is 0.162 e. The monoisotopic (exact) mass is 327 g/mol. The molecule has 0 aliphatic heterocycles. The van der Waals surface area contributed by atoms with Crippen molar-refractivity contribution in [3.8, 4) is 0 Å². The smallest absolute Gasteiger partial charge is 0.162 e. The summed E-state index contributed by atoms with van der Waals surface area (Å²) < 4.78 is 32.9. The first-order valence-electron chi connectivity index (χ1n) is 7.02. The van der Waals surface area contributed by atoms with Gasteiger partial charge in [-0.15, -0.1) is 0 Å². The molecular formula is C19H10ClF2O. The molecule has 4 rings (SSSR count). The van der Waals surface area contributed by atoms with E-state index in [1.807, 2.05) is 24.3 Å². The van der Waals surface area contributed by atoms with E-state index >= 15 is 0 Å². The number of halogens is 3. The molecule has 3 aromatic carbocycles. The van der Waals surface area contributed by atoms with Crippen LogP contribution < -0.4 is 0 Å². The molecule has 0 N–H and O–H groups in total. The van der Waals surface area contributed by atoms with E-state index in [2.05, 4.69) is 0 Å². The summed E-state index contributed by atoms with van der Waals surface area (Å²) in [6.45, 7) is 0. The molecule has 113 valence electrons. The zero-order valence-corrected chi connectivity index (χ0v) is 12.6. The first kappa shape index (κ1) is 14.2. The minimum atomic E-state index is -0.861. The van der Waals surface area contributed by atoms with E-state index in [9.17, 15) is 8.78 Å². The van der Waals surface area contributed by atoms with Crippen molar-refractivity contribution >= 4 is 33.5 Å². The van der Waals surface area contributed by atoms with Crippen molar-refractivity contribution in [2.45, 2.75) is 0 Å². The van der Waals surface area contributed by atoms with E-state index in [1.54, 1.807) is 18.6 Å². The predicted molar refractivity (Wildman–Crippen MR) is 87.6 cm³/mol. The molecule has 0 saturated carbocycles. The van der Waals surface area contributed by atoms with Gasteiger partial charge in [-0.2, -0.15) is 0 Å². The third kappa shape index (κ3) is 2.47. The van der Waals surface area contributed by atoms with Crippen molar-refractivity contribution in [2.24, 2.45) is 0 Å². The lowest BCUT2D eigenvalue weighted by molar-refractivity contribution is 0.504. The third-order valence-corrected chi connectivity index (χ3v) is 3.99. The maximum atomic E-state index is 13.8. The summed E-state index contributed by atoms with van der Waals surface area (Å²) in [5.74, 6) is -1.71. The first-order chi connectivity index (χ1) is 11.1. The summed E-state index contributed by atoms with van der Waals surface area (Å²) in [7, 11) is 0. The van der Waals surface area contributed by atoms with Crippen molar-refractivity contribution < 1.29 is 13.2 Å². The van der Waals surface area contributed by atoms with E-state index in [4.69, 9.17) is 16.0 Å². The summed E-state index contributed by atoms with van der Waals surface area (Å²) in [4.78, 5) is 0. The van der Waals surface area contributed by atoms with Crippen LogP contribution in [0.15, 0.2) is 59.0 Å². The summed E-state index contributed by atoms with van der Waals surface area (Å²) in [6.07, 6.45) is 1.60. The van der Waals surface area contributed by atoms with Crippen LogP contribution in [-0.4, -0.2) is 0 Å². The summed E-state index contributed by atoms with van der Waals surface area (Å²) in [6, 6.07) is 15.0. The number of hydrogen-bond acceptors (Lipinski definition) is 1. The Labute approximate surface area is 136 Å². The van der Waals surface area contributed by atoms with Gasteiger partial charge in [0.1, 0.15) is 11.2 Å². The first-order valence-corrected chi connectivity index (χ1v) is 7.40. The van der Waals surface area contributed by atoms with Crippen LogP contribution in [0.1, 0.15) is 11.1 Å².